The standard InChI is InChI=1S/C37H32N2O6/c40-35(38-32-20-18-31(19-21-32)30-14-8-3-9-15-30)34(39-36(41)43-25-28-10-4-1-5-11-28)24-27-16-22-33(23-17-27)45-37(42)44-26-29-12-6-2-7-13-29/h1-23,34H,24-26H2,(H,38,40)(H,39,41)/t34-/m1/s1. The van der Waals surface area contributed by atoms with E-state index in [4.69, 9.17) is 14.2 Å². The smallest absolute Gasteiger partial charge is 0.445 e. The zero-order chi connectivity index (χ0) is 31.3. The number of carbonyl (C=O) groups excluding carboxylic acids is 3. The maximum Gasteiger partial charge on any atom is 0.514 e. The molecule has 8 heteroatoms. The summed E-state index contributed by atoms with van der Waals surface area (Å²) < 4.78 is 15.8. The van der Waals surface area contributed by atoms with Gasteiger partial charge < -0.3 is 24.8 Å². The third kappa shape index (κ3) is 9.56. The van der Waals surface area contributed by atoms with Crippen LogP contribution < -0.4 is 15.4 Å². The van der Waals surface area contributed by atoms with Gasteiger partial charge in [-0.1, -0.05) is 115 Å². The molecule has 1 atom stereocenters. The third-order valence-electron chi connectivity index (χ3n) is 6.84. The second kappa shape index (κ2) is 15.5. The molecule has 2 amide bonds. The summed E-state index contributed by atoms with van der Waals surface area (Å²) in [6.07, 6.45) is -1.39. The Morgan fingerprint density at radius 3 is 1.69 bits per heavy atom. The fourth-order valence-electron chi connectivity index (χ4n) is 4.49. The molecule has 0 saturated heterocycles. The lowest BCUT2D eigenvalue weighted by Crippen LogP contribution is -2.45. The first-order valence-corrected chi connectivity index (χ1v) is 14.4. The van der Waals surface area contributed by atoms with Crippen molar-refractivity contribution in [1.82, 2.24) is 5.32 Å². The molecule has 0 fully saturated rings. The number of rotatable bonds is 11. The summed E-state index contributed by atoms with van der Waals surface area (Å²) in [4.78, 5) is 38.3. The number of amides is 2. The summed E-state index contributed by atoms with van der Waals surface area (Å²) in [6, 6.07) is 41.6. The average Bonchev–Trinajstić information content (AvgIpc) is 3.08. The zero-order valence-electron chi connectivity index (χ0n) is 24.4. The Labute approximate surface area is 261 Å². The van der Waals surface area contributed by atoms with E-state index in [0.29, 0.717) is 5.69 Å². The van der Waals surface area contributed by atoms with Crippen LogP contribution in [0.1, 0.15) is 16.7 Å². The van der Waals surface area contributed by atoms with Crippen LogP contribution in [0.5, 0.6) is 5.75 Å². The predicted octanol–water partition coefficient (Wildman–Crippen LogP) is 7.55. The fraction of sp³-hybridized carbons (Fsp3) is 0.108. The molecular weight excluding hydrogens is 568 g/mol. The molecule has 0 aliphatic carbocycles. The summed E-state index contributed by atoms with van der Waals surface area (Å²) in [5, 5.41) is 5.58. The highest BCUT2D eigenvalue weighted by atomic mass is 16.7. The maximum atomic E-state index is 13.4. The Morgan fingerprint density at radius 1 is 0.556 bits per heavy atom. The highest BCUT2D eigenvalue weighted by Crippen LogP contribution is 2.21. The summed E-state index contributed by atoms with van der Waals surface area (Å²) in [5.41, 5.74) is 5.05. The molecule has 0 aliphatic heterocycles. The zero-order valence-corrected chi connectivity index (χ0v) is 24.4. The number of benzene rings is 5. The molecule has 5 aromatic rings. The SMILES string of the molecule is O=C(N[C@H](Cc1ccc(OC(=O)OCc2ccccc2)cc1)C(=O)Nc1ccc(-c2ccccc2)cc1)OCc1ccccc1. The number of hydrogen-bond acceptors (Lipinski definition) is 6. The molecule has 0 radical (unpaired) electrons. The van der Waals surface area contributed by atoms with E-state index in [9.17, 15) is 14.4 Å². The molecule has 0 aliphatic rings. The monoisotopic (exact) mass is 600 g/mol. The molecule has 0 aromatic heterocycles. The Balaban J connectivity index is 1.22. The number of nitrogens with one attached hydrogen (secondary N) is 2. The van der Waals surface area contributed by atoms with Crippen molar-refractivity contribution < 1.29 is 28.6 Å². The quantitative estimate of drug-likeness (QED) is 0.120. The first-order chi connectivity index (χ1) is 22.0. The van der Waals surface area contributed by atoms with Crippen molar-refractivity contribution in [2.45, 2.75) is 25.7 Å². The van der Waals surface area contributed by atoms with E-state index in [1.807, 2.05) is 115 Å². The van der Waals surface area contributed by atoms with Gasteiger partial charge in [-0.15, -0.1) is 0 Å². The van der Waals surface area contributed by atoms with Crippen molar-refractivity contribution in [2.24, 2.45) is 0 Å². The van der Waals surface area contributed by atoms with Gasteiger partial charge in [-0.25, -0.2) is 9.59 Å². The Kier molecular flexibility index (Phi) is 10.6. The van der Waals surface area contributed by atoms with Crippen molar-refractivity contribution in [2.75, 3.05) is 5.32 Å². The van der Waals surface area contributed by atoms with Crippen LogP contribution in [0, 0.1) is 0 Å². The lowest BCUT2D eigenvalue weighted by molar-refractivity contribution is -0.118. The van der Waals surface area contributed by atoms with Crippen LogP contribution in [-0.2, 0) is 33.9 Å². The normalized spacial score (nSPS) is 11.1. The van der Waals surface area contributed by atoms with Gasteiger partial charge in [-0.2, -0.15) is 0 Å². The van der Waals surface area contributed by atoms with Crippen molar-refractivity contribution in [3.8, 4) is 16.9 Å². The van der Waals surface area contributed by atoms with E-state index in [1.165, 1.54) is 0 Å². The molecule has 5 aromatic carbocycles. The van der Waals surface area contributed by atoms with Crippen molar-refractivity contribution in [3.05, 3.63) is 156 Å². The Hall–Kier alpha value is -5.89. The van der Waals surface area contributed by atoms with Crippen LogP contribution in [0.3, 0.4) is 0 Å². The van der Waals surface area contributed by atoms with Crippen molar-refractivity contribution >= 4 is 23.8 Å². The second-order valence-corrected chi connectivity index (χ2v) is 10.2. The van der Waals surface area contributed by atoms with Crippen LogP contribution >= 0.6 is 0 Å². The maximum absolute atomic E-state index is 13.4. The molecule has 8 nitrogen and oxygen atoms in total. The number of hydrogen-bond donors (Lipinski definition) is 2. The van der Waals surface area contributed by atoms with E-state index in [1.54, 1.807) is 24.3 Å². The van der Waals surface area contributed by atoms with E-state index in [2.05, 4.69) is 10.6 Å². The summed E-state index contributed by atoms with van der Waals surface area (Å²) in [5.74, 6) is -0.129. The van der Waals surface area contributed by atoms with Crippen LogP contribution in [0.4, 0.5) is 15.3 Å². The summed E-state index contributed by atoms with van der Waals surface area (Å²) >= 11 is 0. The largest absolute Gasteiger partial charge is 0.514 e. The van der Waals surface area contributed by atoms with Gasteiger partial charge in [-0.3, -0.25) is 4.79 Å². The first kappa shape index (κ1) is 30.6. The van der Waals surface area contributed by atoms with Crippen molar-refractivity contribution in [1.29, 1.82) is 0 Å². The van der Waals surface area contributed by atoms with Gasteiger partial charge in [-0.05, 0) is 52.1 Å². The van der Waals surface area contributed by atoms with Crippen molar-refractivity contribution in [3.63, 3.8) is 0 Å². The van der Waals surface area contributed by atoms with Gasteiger partial charge >= 0.3 is 12.2 Å². The minimum atomic E-state index is -0.954. The lowest BCUT2D eigenvalue weighted by atomic mass is 10.0. The van der Waals surface area contributed by atoms with Gasteiger partial charge in [0.15, 0.2) is 0 Å². The van der Waals surface area contributed by atoms with Crippen LogP contribution in [-0.4, -0.2) is 24.2 Å². The fourth-order valence-corrected chi connectivity index (χ4v) is 4.49. The molecule has 0 saturated carbocycles. The van der Waals surface area contributed by atoms with Gasteiger partial charge in [0.1, 0.15) is 25.0 Å². The lowest BCUT2D eigenvalue weighted by Gasteiger charge is -2.19. The van der Waals surface area contributed by atoms with E-state index >= 15 is 0 Å². The third-order valence-corrected chi connectivity index (χ3v) is 6.84. The number of carbonyl (C=O) groups is 3. The van der Waals surface area contributed by atoms with Gasteiger partial charge in [0, 0.05) is 12.1 Å². The number of anilines is 1. The van der Waals surface area contributed by atoms with Gasteiger partial charge in [0.25, 0.3) is 0 Å². The van der Waals surface area contributed by atoms with Gasteiger partial charge in [0.2, 0.25) is 5.91 Å². The predicted molar refractivity (Wildman–Crippen MR) is 171 cm³/mol. The second-order valence-electron chi connectivity index (χ2n) is 10.2. The van der Waals surface area contributed by atoms with E-state index < -0.39 is 24.2 Å². The first-order valence-electron chi connectivity index (χ1n) is 14.4. The number of ether oxygens (including phenoxy) is 3. The van der Waals surface area contributed by atoms with E-state index in [-0.39, 0.29) is 25.4 Å². The molecular formula is C37H32N2O6. The molecule has 45 heavy (non-hydrogen) atoms. The molecule has 0 spiro atoms. The highest BCUT2D eigenvalue weighted by Gasteiger charge is 2.23. The summed E-state index contributed by atoms with van der Waals surface area (Å²) in [7, 11) is 0. The molecule has 0 unspecified atom stereocenters. The Morgan fingerprint density at radius 2 is 1.09 bits per heavy atom. The average molecular weight is 601 g/mol. The molecule has 0 heterocycles. The number of alkyl carbamates (subject to hydrolysis) is 1. The van der Waals surface area contributed by atoms with Crippen LogP contribution in [0.2, 0.25) is 0 Å². The highest BCUT2D eigenvalue weighted by molar-refractivity contribution is 5.97. The molecule has 2 N–H and O–H groups in total. The summed E-state index contributed by atoms with van der Waals surface area (Å²) in [6.45, 7) is 0.157. The topological polar surface area (TPSA) is 103 Å². The molecule has 0 bridgehead atoms. The Bertz CT molecular complexity index is 1680. The molecule has 226 valence electrons. The van der Waals surface area contributed by atoms with Gasteiger partial charge in [0.05, 0.1) is 0 Å². The minimum absolute atomic E-state index is 0.0639. The molecule has 5 rings (SSSR count). The minimum Gasteiger partial charge on any atom is -0.445 e. The van der Waals surface area contributed by atoms with Crippen LogP contribution in [0.15, 0.2) is 140 Å². The van der Waals surface area contributed by atoms with E-state index in [0.717, 1.165) is 27.8 Å². The van der Waals surface area contributed by atoms with Crippen LogP contribution in [0.25, 0.3) is 11.1 Å².